The number of hydrogen-bond acceptors (Lipinski definition) is 4. The van der Waals surface area contributed by atoms with Crippen molar-refractivity contribution < 1.29 is 24.1 Å². The Morgan fingerprint density at radius 3 is 2.84 bits per heavy atom. The molecule has 0 saturated carbocycles. The average molecular weight is 268 g/mol. The first-order chi connectivity index (χ1) is 9.13. The van der Waals surface area contributed by atoms with Crippen molar-refractivity contribution in [3.63, 3.8) is 0 Å². The van der Waals surface area contributed by atoms with E-state index in [0.29, 0.717) is 25.6 Å². The normalized spacial score (nSPS) is 12.1. The van der Waals surface area contributed by atoms with E-state index in [4.69, 9.17) is 19.3 Å². The third-order valence-electron chi connectivity index (χ3n) is 2.44. The second-order valence-corrected chi connectivity index (χ2v) is 4.17. The van der Waals surface area contributed by atoms with Gasteiger partial charge in [-0.2, -0.15) is 0 Å². The van der Waals surface area contributed by atoms with Crippen LogP contribution in [0.3, 0.4) is 0 Å². The summed E-state index contributed by atoms with van der Waals surface area (Å²) < 4.78 is 15.9. The summed E-state index contributed by atoms with van der Waals surface area (Å²) in [6.07, 6.45) is 0.811. The van der Waals surface area contributed by atoms with Crippen molar-refractivity contribution in [2.45, 2.75) is 19.4 Å². The van der Waals surface area contributed by atoms with Crippen molar-refractivity contribution >= 4 is 5.97 Å². The number of carboxylic acid groups (broad SMARTS) is 1. The van der Waals surface area contributed by atoms with Crippen LogP contribution in [0.2, 0.25) is 0 Å². The van der Waals surface area contributed by atoms with Gasteiger partial charge in [0.15, 0.2) is 0 Å². The van der Waals surface area contributed by atoms with Crippen LogP contribution in [0.5, 0.6) is 5.75 Å². The van der Waals surface area contributed by atoms with E-state index in [1.54, 1.807) is 19.2 Å². The molecule has 0 fully saturated rings. The lowest BCUT2D eigenvalue weighted by atomic mass is 10.2. The molecular formula is C14H20O5. The first kappa shape index (κ1) is 15.5. The molecule has 0 radical (unpaired) electrons. The van der Waals surface area contributed by atoms with Crippen molar-refractivity contribution in [2.75, 3.05) is 26.9 Å². The zero-order valence-corrected chi connectivity index (χ0v) is 11.3. The van der Waals surface area contributed by atoms with Gasteiger partial charge in [-0.1, -0.05) is 6.07 Å². The Morgan fingerprint density at radius 1 is 1.37 bits per heavy atom. The lowest BCUT2D eigenvalue weighted by Gasteiger charge is -2.12. The van der Waals surface area contributed by atoms with Crippen LogP contribution in [-0.4, -0.2) is 44.1 Å². The van der Waals surface area contributed by atoms with Crippen LogP contribution in [0, 0.1) is 0 Å². The minimum Gasteiger partial charge on any atom is -0.493 e. The van der Waals surface area contributed by atoms with Crippen LogP contribution in [0.15, 0.2) is 24.3 Å². The highest BCUT2D eigenvalue weighted by atomic mass is 16.5. The number of methoxy groups -OCH3 is 1. The number of benzene rings is 1. The molecule has 0 amide bonds. The molecule has 0 aliphatic carbocycles. The maximum absolute atomic E-state index is 10.8. The van der Waals surface area contributed by atoms with Gasteiger partial charge >= 0.3 is 5.97 Å². The molecule has 5 nitrogen and oxygen atoms in total. The van der Waals surface area contributed by atoms with Gasteiger partial charge in [0.25, 0.3) is 0 Å². The summed E-state index contributed by atoms with van der Waals surface area (Å²) in [5.41, 5.74) is 0.225. The number of rotatable bonds is 9. The summed E-state index contributed by atoms with van der Waals surface area (Å²) in [6, 6.07) is 6.44. The van der Waals surface area contributed by atoms with Crippen molar-refractivity contribution in [1.29, 1.82) is 0 Å². The second kappa shape index (κ2) is 8.50. The van der Waals surface area contributed by atoms with Gasteiger partial charge in [-0.25, -0.2) is 4.79 Å². The van der Waals surface area contributed by atoms with Crippen LogP contribution in [-0.2, 0) is 9.47 Å². The second-order valence-electron chi connectivity index (χ2n) is 4.17. The predicted molar refractivity (Wildman–Crippen MR) is 70.8 cm³/mol. The van der Waals surface area contributed by atoms with Gasteiger partial charge in [0.2, 0.25) is 0 Å². The lowest BCUT2D eigenvalue weighted by molar-refractivity contribution is 0.00508. The standard InChI is InChI=1S/C14H20O5/c1-11(10-17-2)18-7-4-8-19-13-6-3-5-12(9-13)14(15)16/h3,5-6,9,11H,4,7-8,10H2,1-2H3,(H,15,16). The maximum Gasteiger partial charge on any atom is 0.335 e. The first-order valence-electron chi connectivity index (χ1n) is 6.20. The van der Waals surface area contributed by atoms with E-state index in [1.807, 2.05) is 6.92 Å². The zero-order valence-electron chi connectivity index (χ0n) is 11.3. The predicted octanol–water partition coefficient (Wildman–Crippen LogP) is 2.21. The Kier molecular flexibility index (Phi) is 6.92. The number of aromatic carboxylic acids is 1. The smallest absolute Gasteiger partial charge is 0.335 e. The molecule has 1 atom stereocenters. The third-order valence-corrected chi connectivity index (χ3v) is 2.44. The molecule has 1 aromatic carbocycles. The van der Waals surface area contributed by atoms with E-state index < -0.39 is 5.97 Å². The van der Waals surface area contributed by atoms with E-state index in [-0.39, 0.29) is 11.7 Å². The Labute approximate surface area is 113 Å². The largest absolute Gasteiger partial charge is 0.493 e. The molecule has 0 bridgehead atoms. The number of carboxylic acids is 1. The Bertz CT molecular complexity index is 391. The molecular weight excluding hydrogens is 248 g/mol. The minimum atomic E-state index is -0.956. The van der Waals surface area contributed by atoms with Gasteiger partial charge in [-0.3, -0.25) is 0 Å². The fourth-order valence-electron chi connectivity index (χ4n) is 1.54. The van der Waals surface area contributed by atoms with E-state index >= 15 is 0 Å². The highest BCUT2D eigenvalue weighted by Crippen LogP contribution is 2.13. The van der Waals surface area contributed by atoms with Gasteiger partial charge in [0, 0.05) is 13.5 Å². The molecule has 1 unspecified atom stereocenters. The Hall–Kier alpha value is -1.59. The molecule has 0 heterocycles. The zero-order chi connectivity index (χ0) is 14.1. The average Bonchev–Trinajstić information content (AvgIpc) is 2.39. The van der Waals surface area contributed by atoms with E-state index in [1.165, 1.54) is 12.1 Å². The number of carbonyl (C=O) groups is 1. The third kappa shape index (κ3) is 6.22. The summed E-state index contributed by atoms with van der Waals surface area (Å²) in [6.45, 7) is 3.59. The van der Waals surface area contributed by atoms with Crippen LogP contribution in [0.1, 0.15) is 23.7 Å². The molecule has 0 spiro atoms. The maximum atomic E-state index is 10.8. The van der Waals surface area contributed by atoms with E-state index in [2.05, 4.69) is 0 Å². The summed E-state index contributed by atoms with van der Waals surface area (Å²) in [4.78, 5) is 10.8. The van der Waals surface area contributed by atoms with Crippen molar-refractivity contribution in [3.05, 3.63) is 29.8 Å². The lowest BCUT2D eigenvalue weighted by Crippen LogP contribution is -2.16. The fraction of sp³-hybridized carbons (Fsp3) is 0.500. The molecule has 1 N–H and O–H groups in total. The van der Waals surface area contributed by atoms with Crippen molar-refractivity contribution in [1.82, 2.24) is 0 Å². The summed E-state index contributed by atoms with van der Waals surface area (Å²) in [5, 5.41) is 8.84. The molecule has 0 aliphatic rings. The molecule has 0 aromatic heterocycles. The number of hydrogen-bond donors (Lipinski definition) is 1. The summed E-state index contributed by atoms with van der Waals surface area (Å²) in [7, 11) is 1.64. The first-order valence-corrected chi connectivity index (χ1v) is 6.20. The van der Waals surface area contributed by atoms with Gasteiger partial charge in [-0.05, 0) is 25.1 Å². The highest BCUT2D eigenvalue weighted by Gasteiger charge is 2.04. The molecule has 1 aromatic rings. The van der Waals surface area contributed by atoms with Crippen LogP contribution >= 0.6 is 0 Å². The molecule has 5 heteroatoms. The van der Waals surface area contributed by atoms with E-state index in [0.717, 1.165) is 6.42 Å². The topological polar surface area (TPSA) is 65.0 Å². The van der Waals surface area contributed by atoms with Gasteiger partial charge in [-0.15, -0.1) is 0 Å². The van der Waals surface area contributed by atoms with Gasteiger partial charge < -0.3 is 19.3 Å². The Balaban J connectivity index is 2.22. The monoisotopic (exact) mass is 268 g/mol. The highest BCUT2D eigenvalue weighted by molar-refractivity contribution is 5.87. The van der Waals surface area contributed by atoms with E-state index in [9.17, 15) is 4.79 Å². The summed E-state index contributed by atoms with van der Waals surface area (Å²) >= 11 is 0. The molecule has 106 valence electrons. The fourth-order valence-corrected chi connectivity index (χ4v) is 1.54. The van der Waals surface area contributed by atoms with Crippen molar-refractivity contribution in [3.8, 4) is 5.75 Å². The molecule has 19 heavy (non-hydrogen) atoms. The number of ether oxygens (including phenoxy) is 3. The molecule has 1 rings (SSSR count). The van der Waals surface area contributed by atoms with Crippen molar-refractivity contribution in [2.24, 2.45) is 0 Å². The van der Waals surface area contributed by atoms with Crippen LogP contribution in [0.25, 0.3) is 0 Å². The quantitative estimate of drug-likeness (QED) is 0.695. The molecule has 0 aliphatic heterocycles. The van der Waals surface area contributed by atoms with Gasteiger partial charge in [0.1, 0.15) is 5.75 Å². The SMILES string of the molecule is COCC(C)OCCCOc1cccc(C(=O)O)c1. The minimum absolute atomic E-state index is 0.0698. The van der Waals surface area contributed by atoms with Gasteiger partial charge in [0.05, 0.1) is 31.5 Å². The summed E-state index contributed by atoms with van der Waals surface area (Å²) in [5.74, 6) is -0.396. The Morgan fingerprint density at radius 2 is 2.16 bits per heavy atom. The molecule has 0 saturated heterocycles. The van der Waals surface area contributed by atoms with Crippen LogP contribution < -0.4 is 4.74 Å². The van der Waals surface area contributed by atoms with Crippen LogP contribution in [0.4, 0.5) is 0 Å².